The van der Waals surface area contributed by atoms with Gasteiger partial charge in [0.2, 0.25) is 17.7 Å². The molecule has 0 unspecified atom stereocenters. The number of benzene rings is 2. The van der Waals surface area contributed by atoms with Crippen LogP contribution >= 0.6 is 0 Å². The van der Waals surface area contributed by atoms with Crippen LogP contribution in [0.4, 0.5) is 5.88 Å². The lowest BCUT2D eigenvalue weighted by atomic mass is 10.1. The van der Waals surface area contributed by atoms with Crippen molar-refractivity contribution in [1.82, 2.24) is 10.5 Å². The van der Waals surface area contributed by atoms with Crippen LogP contribution in [0.2, 0.25) is 0 Å². The highest BCUT2D eigenvalue weighted by atomic mass is 16.5. The zero-order valence-electron chi connectivity index (χ0n) is 15.5. The first-order chi connectivity index (χ1) is 13.6. The Hall–Kier alpha value is -3.67. The second kappa shape index (κ2) is 9.32. The van der Waals surface area contributed by atoms with Crippen molar-refractivity contribution in [3.63, 3.8) is 0 Å². The van der Waals surface area contributed by atoms with E-state index in [0.717, 1.165) is 17.5 Å². The topological polar surface area (TPSA) is 84.2 Å². The predicted molar refractivity (Wildman–Crippen MR) is 108 cm³/mol. The third-order valence-electron chi connectivity index (χ3n) is 4.08. The molecular weight excluding hydrogens is 354 g/mol. The summed E-state index contributed by atoms with van der Waals surface area (Å²) in [5, 5.41) is 9.07. The highest BCUT2D eigenvalue weighted by Crippen LogP contribution is 2.22. The van der Waals surface area contributed by atoms with Gasteiger partial charge < -0.3 is 9.84 Å². The molecule has 1 aromatic heterocycles. The molecule has 3 rings (SSSR count). The van der Waals surface area contributed by atoms with Crippen LogP contribution in [-0.4, -0.2) is 23.5 Å². The minimum atomic E-state index is -0.398. The van der Waals surface area contributed by atoms with E-state index in [1.165, 1.54) is 11.6 Å². The molecule has 1 heterocycles. The molecule has 6 heteroatoms. The van der Waals surface area contributed by atoms with E-state index in [4.69, 9.17) is 4.52 Å². The molecule has 0 atom stereocenters. The van der Waals surface area contributed by atoms with E-state index in [1.807, 2.05) is 54.6 Å². The Labute approximate surface area is 163 Å². The Morgan fingerprint density at radius 3 is 2.54 bits per heavy atom. The zero-order chi connectivity index (χ0) is 19.8. The lowest BCUT2D eigenvalue weighted by molar-refractivity contribution is -0.121. The predicted octanol–water partition coefficient (Wildman–Crippen LogP) is 3.67. The van der Waals surface area contributed by atoms with E-state index in [2.05, 4.69) is 22.7 Å². The number of nitrogens with one attached hydrogen (secondary N) is 2. The maximum atomic E-state index is 12.0. The molecule has 0 fully saturated rings. The molecule has 2 amide bonds. The van der Waals surface area contributed by atoms with Crippen molar-refractivity contribution in [2.24, 2.45) is 0 Å². The van der Waals surface area contributed by atoms with Crippen molar-refractivity contribution in [1.29, 1.82) is 0 Å². The number of anilines is 1. The quantitative estimate of drug-likeness (QED) is 0.617. The number of amides is 2. The van der Waals surface area contributed by atoms with Gasteiger partial charge in [-0.2, -0.15) is 0 Å². The number of hydrogen-bond acceptors (Lipinski definition) is 4. The minimum absolute atomic E-state index is 0.167. The van der Waals surface area contributed by atoms with Crippen LogP contribution in [0.3, 0.4) is 0 Å². The highest BCUT2D eigenvalue weighted by Gasteiger charge is 2.10. The first kappa shape index (κ1) is 19.1. The zero-order valence-corrected chi connectivity index (χ0v) is 15.5. The third kappa shape index (κ3) is 5.41. The van der Waals surface area contributed by atoms with Gasteiger partial charge in [0.1, 0.15) is 5.69 Å². The van der Waals surface area contributed by atoms with Crippen LogP contribution in [0.25, 0.3) is 17.3 Å². The monoisotopic (exact) mass is 375 g/mol. The van der Waals surface area contributed by atoms with E-state index in [9.17, 15) is 9.59 Å². The summed E-state index contributed by atoms with van der Waals surface area (Å²) in [5.41, 5.74) is 3.68. The lowest BCUT2D eigenvalue weighted by Gasteiger charge is -2.02. The molecule has 2 N–H and O–H groups in total. The summed E-state index contributed by atoms with van der Waals surface area (Å²) in [7, 11) is 0. The summed E-state index contributed by atoms with van der Waals surface area (Å²) in [6.45, 7) is 1.92. The van der Waals surface area contributed by atoms with Crippen molar-refractivity contribution in [2.45, 2.75) is 13.3 Å². The second-order valence-corrected chi connectivity index (χ2v) is 6.14. The summed E-state index contributed by atoms with van der Waals surface area (Å²) in [6, 6.07) is 19.1. The number of carbonyl (C=O) groups excluding carboxylic acids is 2. The highest BCUT2D eigenvalue weighted by molar-refractivity contribution is 5.97. The Morgan fingerprint density at radius 2 is 1.82 bits per heavy atom. The largest absolute Gasteiger partial charge is 0.343 e. The fourth-order valence-corrected chi connectivity index (χ4v) is 2.53. The maximum absolute atomic E-state index is 12.0. The number of nitrogens with zero attached hydrogens (tertiary/aromatic N) is 1. The molecule has 142 valence electrons. The number of aromatic nitrogens is 1. The van der Waals surface area contributed by atoms with Gasteiger partial charge in [0.15, 0.2) is 0 Å². The summed E-state index contributed by atoms with van der Waals surface area (Å²) in [4.78, 5) is 23.8. The van der Waals surface area contributed by atoms with Crippen LogP contribution in [0.5, 0.6) is 0 Å². The summed E-state index contributed by atoms with van der Waals surface area (Å²) in [5.74, 6) is -0.521. The van der Waals surface area contributed by atoms with Crippen LogP contribution < -0.4 is 10.6 Å². The molecule has 0 aliphatic heterocycles. The fourth-order valence-electron chi connectivity index (χ4n) is 2.53. The molecular formula is C22H21N3O3. The van der Waals surface area contributed by atoms with E-state index >= 15 is 0 Å². The van der Waals surface area contributed by atoms with Crippen molar-refractivity contribution < 1.29 is 14.1 Å². The van der Waals surface area contributed by atoms with E-state index in [-0.39, 0.29) is 18.3 Å². The standard InChI is InChI=1S/C22H21N3O3/c1-2-16-8-11-18(12-9-16)19-14-22(28-25-19)24-21(27)15-23-20(26)13-10-17-6-4-3-5-7-17/h3-14H,2,15H2,1H3,(H,23,26)(H,24,27)/b13-10+. The summed E-state index contributed by atoms with van der Waals surface area (Å²) < 4.78 is 5.15. The van der Waals surface area contributed by atoms with Gasteiger partial charge in [0, 0.05) is 17.7 Å². The minimum Gasteiger partial charge on any atom is -0.343 e. The molecule has 2 aromatic carbocycles. The van der Waals surface area contributed by atoms with Crippen molar-refractivity contribution in [2.75, 3.05) is 11.9 Å². The molecule has 0 saturated heterocycles. The first-order valence-electron chi connectivity index (χ1n) is 9.01. The Kier molecular flexibility index (Phi) is 6.36. The molecule has 6 nitrogen and oxygen atoms in total. The second-order valence-electron chi connectivity index (χ2n) is 6.14. The van der Waals surface area contributed by atoms with Crippen LogP contribution in [0.15, 0.2) is 71.3 Å². The Morgan fingerprint density at radius 1 is 1.07 bits per heavy atom. The number of carbonyl (C=O) groups is 2. The third-order valence-corrected chi connectivity index (χ3v) is 4.08. The van der Waals surface area contributed by atoms with Gasteiger partial charge in [-0.3, -0.25) is 14.9 Å². The number of aryl methyl sites for hydroxylation is 1. The van der Waals surface area contributed by atoms with Crippen molar-refractivity contribution in [3.8, 4) is 11.3 Å². The van der Waals surface area contributed by atoms with Crippen LogP contribution in [0.1, 0.15) is 18.1 Å². The number of hydrogen-bond donors (Lipinski definition) is 2. The molecule has 0 bridgehead atoms. The SMILES string of the molecule is CCc1ccc(-c2cc(NC(=O)CNC(=O)/C=C/c3ccccc3)on2)cc1. The van der Waals surface area contributed by atoms with E-state index < -0.39 is 5.91 Å². The first-order valence-corrected chi connectivity index (χ1v) is 9.01. The van der Waals surface area contributed by atoms with Crippen LogP contribution in [-0.2, 0) is 16.0 Å². The molecule has 0 aliphatic rings. The average Bonchev–Trinajstić information content (AvgIpc) is 3.20. The smallest absolute Gasteiger partial charge is 0.246 e. The fraction of sp³-hybridized carbons (Fsp3) is 0.136. The lowest BCUT2D eigenvalue weighted by Crippen LogP contribution is -2.31. The van der Waals surface area contributed by atoms with Gasteiger partial charge in [-0.1, -0.05) is 66.7 Å². The molecule has 0 radical (unpaired) electrons. The Balaban J connectivity index is 1.49. The van der Waals surface area contributed by atoms with Gasteiger partial charge in [0.25, 0.3) is 0 Å². The molecule has 0 spiro atoms. The molecule has 0 aliphatic carbocycles. The normalized spacial score (nSPS) is 10.8. The van der Waals surface area contributed by atoms with Crippen molar-refractivity contribution in [3.05, 3.63) is 77.9 Å². The van der Waals surface area contributed by atoms with Crippen molar-refractivity contribution >= 4 is 23.8 Å². The summed E-state index contributed by atoms with van der Waals surface area (Å²) in [6.07, 6.45) is 4.03. The average molecular weight is 375 g/mol. The van der Waals surface area contributed by atoms with Gasteiger partial charge in [-0.25, -0.2) is 0 Å². The van der Waals surface area contributed by atoms with Gasteiger partial charge in [0.05, 0.1) is 6.54 Å². The molecule has 0 saturated carbocycles. The maximum Gasteiger partial charge on any atom is 0.246 e. The van der Waals surface area contributed by atoms with Gasteiger partial charge in [-0.15, -0.1) is 0 Å². The van der Waals surface area contributed by atoms with E-state index in [0.29, 0.717) is 5.69 Å². The van der Waals surface area contributed by atoms with Gasteiger partial charge in [-0.05, 0) is 23.6 Å². The Bertz CT molecular complexity index is 960. The van der Waals surface area contributed by atoms with Gasteiger partial charge >= 0.3 is 0 Å². The number of rotatable bonds is 7. The van der Waals surface area contributed by atoms with Crippen LogP contribution in [0, 0.1) is 0 Å². The molecule has 3 aromatic rings. The summed E-state index contributed by atoms with van der Waals surface area (Å²) >= 11 is 0. The molecule has 28 heavy (non-hydrogen) atoms. The van der Waals surface area contributed by atoms with E-state index in [1.54, 1.807) is 12.1 Å².